The Labute approximate surface area is 110 Å². The van der Waals surface area contributed by atoms with Gasteiger partial charge in [-0.05, 0) is 55.3 Å². The standard InChI is InChI=1S/C15H15F2NO/c1-9-5-13(18)6-10(2)15(9)19-8-11-7-12(16)3-4-14(11)17/h3-7H,8,18H2,1-2H3. The average Bonchev–Trinajstić information content (AvgIpc) is 2.32. The van der Waals surface area contributed by atoms with E-state index in [1.165, 1.54) is 0 Å². The second kappa shape index (κ2) is 5.26. The van der Waals surface area contributed by atoms with Crippen molar-refractivity contribution < 1.29 is 13.5 Å². The number of aryl methyl sites for hydroxylation is 2. The molecular weight excluding hydrogens is 248 g/mol. The monoisotopic (exact) mass is 263 g/mol. The third kappa shape index (κ3) is 3.02. The summed E-state index contributed by atoms with van der Waals surface area (Å²) in [7, 11) is 0. The molecule has 4 heteroatoms. The Kier molecular flexibility index (Phi) is 3.69. The van der Waals surface area contributed by atoms with Crippen molar-refractivity contribution >= 4 is 5.69 Å². The van der Waals surface area contributed by atoms with Crippen LogP contribution in [-0.2, 0) is 6.61 Å². The zero-order valence-corrected chi connectivity index (χ0v) is 10.8. The molecule has 0 spiro atoms. The normalized spacial score (nSPS) is 10.5. The molecule has 2 nitrogen and oxygen atoms in total. The molecule has 100 valence electrons. The van der Waals surface area contributed by atoms with E-state index in [1.807, 2.05) is 13.8 Å². The lowest BCUT2D eigenvalue weighted by molar-refractivity contribution is 0.295. The number of hydrogen-bond acceptors (Lipinski definition) is 2. The zero-order chi connectivity index (χ0) is 14.0. The highest BCUT2D eigenvalue weighted by atomic mass is 19.1. The third-order valence-corrected chi connectivity index (χ3v) is 2.86. The number of nitrogen functional groups attached to an aromatic ring is 1. The van der Waals surface area contributed by atoms with Gasteiger partial charge >= 0.3 is 0 Å². The molecule has 0 aromatic heterocycles. The van der Waals surface area contributed by atoms with Crippen molar-refractivity contribution in [2.45, 2.75) is 20.5 Å². The summed E-state index contributed by atoms with van der Waals surface area (Å²) < 4.78 is 32.1. The maximum atomic E-state index is 13.5. The summed E-state index contributed by atoms with van der Waals surface area (Å²) in [4.78, 5) is 0. The second-order valence-electron chi connectivity index (χ2n) is 4.51. The van der Waals surface area contributed by atoms with Crippen LogP contribution >= 0.6 is 0 Å². The van der Waals surface area contributed by atoms with Crippen molar-refractivity contribution in [1.29, 1.82) is 0 Å². The molecular formula is C15H15F2NO. The van der Waals surface area contributed by atoms with Crippen LogP contribution in [0.4, 0.5) is 14.5 Å². The quantitative estimate of drug-likeness (QED) is 0.856. The molecule has 0 radical (unpaired) electrons. The van der Waals surface area contributed by atoms with Gasteiger partial charge in [0, 0.05) is 11.3 Å². The number of hydrogen-bond donors (Lipinski definition) is 1. The average molecular weight is 263 g/mol. The van der Waals surface area contributed by atoms with Crippen LogP contribution in [0.2, 0.25) is 0 Å². The molecule has 0 saturated carbocycles. The largest absolute Gasteiger partial charge is 0.488 e. The molecule has 2 rings (SSSR count). The molecule has 0 saturated heterocycles. The number of benzene rings is 2. The summed E-state index contributed by atoms with van der Waals surface area (Å²) in [5.41, 5.74) is 8.30. The van der Waals surface area contributed by atoms with Crippen molar-refractivity contribution in [3.63, 3.8) is 0 Å². The van der Waals surface area contributed by atoms with Gasteiger partial charge in [-0.2, -0.15) is 0 Å². The minimum Gasteiger partial charge on any atom is -0.488 e. The van der Waals surface area contributed by atoms with E-state index in [0.717, 1.165) is 29.3 Å². The Morgan fingerprint density at radius 2 is 1.68 bits per heavy atom. The molecule has 0 amide bonds. The predicted octanol–water partition coefficient (Wildman–Crippen LogP) is 3.74. The summed E-state index contributed by atoms with van der Waals surface area (Å²) in [5.74, 6) is -0.309. The van der Waals surface area contributed by atoms with E-state index >= 15 is 0 Å². The fraction of sp³-hybridized carbons (Fsp3) is 0.200. The van der Waals surface area contributed by atoms with Crippen LogP contribution in [0.3, 0.4) is 0 Å². The number of nitrogens with two attached hydrogens (primary N) is 1. The molecule has 19 heavy (non-hydrogen) atoms. The molecule has 2 aromatic carbocycles. The Morgan fingerprint density at radius 3 is 2.32 bits per heavy atom. The number of rotatable bonds is 3. The first-order valence-electron chi connectivity index (χ1n) is 5.91. The summed E-state index contributed by atoms with van der Waals surface area (Å²) in [5, 5.41) is 0. The highest BCUT2D eigenvalue weighted by molar-refractivity contribution is 5.52. The lowest BCUT2D eigenvalue weighted by Crippen LogP contribution is -2.02. The smallest absolute Gasteiger partial charge is 0.130 e. The van der Waals surface area contributed by atoms with Crippen molar-refractivity contribution in [3.8, 4) is 5.75 Å². The summed E-state index contributed by atoms with van der Waals surface area (Å²) in [6.07, 6.45) is 0. The first-order valence-corrected chi connectivity index (χ1v) is 5.91. The summed E-state index contributed by atoms with van der Waals surface area (Å²) >= 11 is 0. The molecule has 2 aromatic rings. The fourth-order valence-electron chi connectivity index (χ4n) is 2.02. The van der Waals surface area contributed by atoms with Crippen molar-refractivity contribution in [2.75, 3.05) is 5.73 Å². The van der Waals surface area contributed by atoms with E-state index in [2.05, 4.69) is 0 Å². The zero-order valence-electron chi connectivity index (χ0n) is 10.8. The maximum Gasteiger partial charge on any atom is 0.130 e. The van der Waals surface area contributed by atoms with Gasteiger partial charge in [-0.1, -0.05) is 0 Å². The van der Waals surface area contributed by atoms with Gasteiger partial charge in [-0.25, -0.2) is 8.78 Å². The van der Waals surface area contributed by atoms with E-state index in [0.29, 0.717) is 11.4 Å². The van der Waals surface area contributed by atoms with Gasteiger partial charge < -0.3 is 10.5 Å². The van der Waals surface area contributed by atoms with Crippen molar-refractivity contribution in [1.82, 2.24) is 0 Å². The van der Waals surface area contributed by atoms with Gasteiger partial charge in [0.1, 0.15) is 24.0 Å². The minimum atomic E-state index is -0.481. The van der Waals surface area contributed by atoms with Crippen LogP contribution in [0.5, 0.6) is 5.75 Å². The summed E-state index contributed by atoms with van der Waals surface area (Å²) in [6.45, 7) is 3.70. The minimum absolute atomic E-state index is 0.0187. The highest BCUT2D eigenvalue weighted by Gasteiger charge is 2.08. The van der Waals surface area contributed by atoms with Crippen molar-refractivity contribution in [3.05, 3.63) is 58.7 Å². The topological polar surface area (TPSA) is 35.2 Å². The van der Waals surface area contributed by atoms with Gasteiger partial charge in [-0.15, -0.1) is 0 Å². The first-order chi connectivity index (χ1) is 8.97. The van der Waals surface area contributed by atoms with Gasteiger partial charge in [-0.3, -0.25) is 0 Å². The SMILES string of the molecule is Cc1cc(N)cc(C)c1OCc1cc(F)ccc1F. The molecule has 0 heterocycles. The lowest BCUT2D eigenvalue weighted by Gasteiger charge is -2.13. The van der Waals surface area contributed by atoms with Crippen molar-refractivity contribution in [2.24, 2.45) is 0 Å². The van der Waals surface area contributed by atoms with Crippen LogP contribution in [0.15, 0.2) is 30.3 Å². The van der Waals surface area contributed by atoms with Crippen LogP contribution in [0.1, 0.15) is 16.7 Å². The molecule has 2 N–H and O–H groups in total. The Bertz CT molecular complexity index is 588. The highest BCUT2D eigenvalue weighted by Crippen LogP contribution is 2.27. The Hall–Kier alpha value is -2.10. The molecule has 0 atom stereocenters. The van der Waals surface area contributed by atoms with E-state index in [1.54, 1.807) is 12.1 Å². The van der Waals surface area contributed by atoms with Gasteiger partial charge in [0.2, 0.25) is 0 Å². The molecule has 0 unspecified atom stereocenters. The third-order valence-electron chi connectivity index (χ3n) is 2.86. The Balaban J connectivity index is 2.21. The maximum absolute atomic E-state index is 13.5. The molecule has 0 fully saturated rings. The molecule has 0 bridgehead atoms. The number of ether oxygens (including phenoxy) is 1. The van der Waals surface area contributed by atoms with Crippen LogP contribution < -0.4 is 10.5 Å². The fourth-order valence-corrected chi connectivity index (χ4v) is 2.02. The van der Waals surface area contributed by atoms with Gasteiger partial charge in [0.15, 0.2) is 0 Å². The van der Waals surface area contributed by atoms with Crippen LogP contribution in [0.25, 0.3) is 0 Å². The van der Waals surface area contributed by atoms with Gasteiger partial charge in [0.25, 0.3) is 0 Å². The summed E-state index contributed by atoms with van der Waals surface area (Å²) in [6, 6.07) is 6.88. The first kappa shape index (κ1) is 13.3. The van der Waals surface area contributed by atoms with E-state index < -0.39 is 11.6 Å². The van der Waals surface area contributed by atoms with E-state index in [9.17, 15) is 8.78 Å². The van der Waals surface area contributed by atoms with Crippen LogP contribution in [0, 0.1) is 25.5 Å². The van der Waals surface area contributed by atoms with Gasteiger partial charge in [0.05, 0.1) is 0 Å². The molecule has 0 aliphatic heterocycles. The second-order valence-corrected chi connectivity index (χ2v) is 4.51. The van der Waals surface area contributed by atoms with E-state index in [-0.39, 0.29) is 12.2 Å². The molecule has 0 aliphatic carbocycles. The predicted molar refractivity (Wildman–Crippen MR) is 71.0 cm³/mol. The van der Waals surface area contributed by atoms with E-state index in [4.69, 9.17) is 10.5 Å². The molecule has 0 aliphatic rings. The number of anilines is 1. The van der Waals surface area contributed by atoms with Crippen LogP contribution in [-0.4, -0.2) is 0 Å². The Morgan fingerprint density at radius 1 is 1.05 bits per heavy atom. The lowest BCUT2D eigenvalue weighted by atomic mass is 10.1. The number of halogens is 2.